The quantitative estimate of drug-likeness (QED) is 0.756. The van der Waals surface area contributed by atoms with E-state index in [1.165, 1.54) is 0 Å². The molecule has 3 nitrogen and oxygen atoms in total. The minimum atomic E-state index is -0.0244. The average Bonchev–Trinajstić information content (AvgIpc) is 2.15. The summed E-state index contributed by atoms with van der Waals surface area (Å²) in [5.74, 6) is 0.561. The molecule has 0 bridgehead atoms. The topological polar surface area (TPSA) is 49.5 Å². The molecular formula is C13H30N2O. The molecule has 3 N–H and O–H groups in total. The van der Waals surface area contributed by atoms with E-state index in [0.29, 0.717) is 12.0 Å². The molecule has 3 unspecified atom stereocenters. The second kappa shape index (κ2) is 5.99. The monoisotopic (exact) mass is 230 g/mol. The maximum Gasteiger partial charge on any atom is 0.0602 e. The van der Waals surface area contributed by atoms with Gasteiger partial charge in [-0.3, -0.25) is 4.90 Å². The zero-order valence-corrected chi connectivity index (χ0v) is 12.0. The molecule has 0 saturated carbocycles. The number of nitrogens with two attached hydrogens (primary N) is 1. The first kappa shape index (κ1) is 15.9. The van der Waals surface area contributed by atoms with Gasteiger partial charge in [-0.25, -0.2) is 0 Å². The van der Waals surface area contributed by atoms with Crippen LogP contribution in [0.4, 0.5) is 0 Å². The Bertz CT molecular complexity index is 199. The number of rotatable bonds is 5. The molecule has 0 aromatic carbocycles. The zero-order chi connectivity index (χ0) is 13.1. The van der Waals surface area contributed by atoms with Crippen LogP contribution in [-0.2, 0) is 0 Å². The van der Waals surface area contributed by atoms with Crippen LogP contribution >= 0.6 is 0 Å². The van der Waals surface area contributed by atoms with Gasteiger partial charge in [0, 0.05) is 18.1 Å². The second-order valence-electron chi connectivity index (χ2n) is 6.29. The first-order chi connectivity index (χ1) is 7.12. The normalized spacial score (nSPS) is 18.9. The number of aliphatic hydroxyl groups excluding tert-OH is 1. The molecule has 0 aromatic rings. The van der Waals surface area contributed by atoms with Crippen LogP contribution in [0, 0.1) is 11.3 Å². The van der Waals surface area contributed by atoms with Crippen molar-refractivity contribution >= 4 is 0 Å². The Morgan fingerprint density at radius 2 is 1.62 bits per heavy atom. The Morgan fingerprint density at radius 3 is 1.88 bits per heavy atom. The summed E-state index contributed by atoms with van der Waals surface area (Å²) in [6.07, 6.45) is 0. The molecule has 0 spiro atoms. The third-order valence-corrected chi connectivity index (χ3v) is 3.73. The van der Waals surface area contributed by atoms with Gasteiger partial charge in [0.1, 0.15) is 0 Å². The van der Waals surface area contributed by atoms with E-state index < -0.39 is 0 Å². The SMILES string of the molecule is CC(C)C(C)N(C)C(CO)C(N)C(C)(C)C. The summed E-state index contributed by atoms with van der Waals surface area (Å²) in [6, 6.07) is 0.423. The van der Waals surface area contributed by atoms with Crippen LogP contribution in [0.15, 0.2) is 0 Å². The summed E-state index contributed by atoms with van der Waals surface area (Å²) in [7, 11) is 2.05. The van der Waals surface area contributed by atoms with E-state index in [1.807, 2.05) is 0 Å². The Kier molecular flexibility index (Phi) is 5.94. The van der Waals surface area contributed by atoms with Gasteiger partial charge in [0.05, 0.1) is 6.61 Å². The third-order valence-electron chi connectivity index (χ3n) is 3.73. The minimum Gasteiger partial charge on any atom is -0.395 e. The Hall–Kier alpha value is -0.120. The van der Waals surface area contributed by atoms with Crippen molar-refractivity contribution in [1.29, 1.82) is 0 Å². The van der Waals surface area contributed by atoms with Crippen molar-refractivity contribution in [3.8, 4) is 0 Å². The van der Waals surface area contributed by atoms with Gasteiger partial charge in [-0.1, -0.05) is 34.6 Å². The molecule has 0 aromatic heterocycles. The van der Waals surface area contributed by atoms with E-state index in [4.69, 9.17) is 5.73 Å². The van der Waals surface area contributed by atoms with E-state index in [0.717, 1.165) is 0 Å². The molecule has 0 rings (SSSR count). The lowest BCUT2D eigenvalue weighted by Gasteiger charge is -2.42. The molecule has 0 aliphatic heterocycles. The number of nitrogens with zero attached hydrogens (tertiary/aromatic N) is 1. The minimum absolute atomic E-state index is 0.0123. The van der Waals surface area contributed by atoms with Crippen LogP contribution in [-0.4, -0.2) is 41.8 Å². The van der Waals surface area contributed by atoms with Crippen LogP contribution in [0.5, 0.6) is 0 Å². The van der Waals surface area contributed by atoms with E-state index in [-0.39, 0.29) is 24.1 Å². The van der Waals surface area contributed by atoms with Gasteiger partial charge in [0.2, 0.25) is 0 Å². The van der Waals surface area contributed by atoms with Gasteiger partial charge in [0.25, 0.3) is 0 Å². The summed E-state index contributed by atoms with van der Waals surface area (Å²) in [4.78, 5) is 2.21. The summed E-state index contributed by atoms with van der Waals surface area (Å²) in [5, 5.41) is 9.54. The Morgan fingerprint density at radius 1 is 1.19 bits per heavy atom. The number of aliphatic hydroxyl groups is 1. The van der Waals surface area contributed by atoms with Crippen LogP contribution in [0.2, 0.25) is 0 Å². The standard InChI is InChI=1S/C13H30N2O/c1-9(2)10(3)15(7)11(8-16)12(14)13(4,5)6/h9-12,16H,8,14H2,1-7H3. The van der Waals surface area contributed by atoms with Crippen molar-refractivity contribution in [2.24, 2.45) is 17.1 Å². The van der Waals surface area contributed by atoms with Gasteiger partial charge in [-0.2, -0.15) is 0 Å². The molecule has 98 valence electrons. The van der Waals surface area contributed by atoms with Crippen molar-refractivity contribution in [3.63, 3.8) is 0 Å². The van der Waals surface area contributed by atoms with E-state index in [2.05, 4.69) is 53.5 Å². The van der Waals surface area contributed by atoms with Gasteiger partial charge >= 0.3 is 0 Å². The van der Waals surface area contributed by atoms with Crippen molar-refractivity contribution < 1.29 is 5.11 Å². The van der Waals surface area contributed by atoms with Gasteiger partial charge < -0.3 is 10.8 Å². The number of hydrogen-bond acceptors (Lipinski definition) is 3. The molecule has 0 aliphatic rings. The first-order valence-electron chi connectivity index (χ1n) is 6.21. The maximum absolute atomic E-state index is 9.54. The molecule has 0 saturated heterocycles. The van der Waals surface area contributed by atoms with Gasteiger partial charge in [-0.15, -0.1) is 0 Å². The Labute approximate surface area is 101 Å². The van der Waals surface area contributed by atoms with Crippen molar-refractivity contribution in [3.05, 3.63) is 0 Å². The number of likely N-dealkylation sites (N-methyl/N-ethyl adjacent to an activating group) is 1. The summed E-state index contributed by atoms with van der Waals surface area (Å²) in [5.41, 5.74) is 6.25. The maximum atomic E-state index is 9.54. The molecule has 0 radical (unpaired) electrons. The summed E-state index contributed by atoms with van der Waals surface area (Å²) in [6.45, 7) is 13.0. The molecular weight excluding hydrogens is 200 g/mol. The smallest absolute Gasteiger partial charge is 0.0602 e. The average molecular weight is 230 g/mol. The fourth-order valence-corrected chi connectivity index (χ4v) is 1.85. The number of hydrogen-bond donors (Lipinski definition) is 2. The highest BCUT2D eigenvalue weighted by Gasteiger charge is 2.33. The molecule has 16 heavy (non-hydrogen) atoms. The van der Waals surface area contributed by atoms with Gasteiger partial charge in [-0.05, 0) is 25.3 Å². The predicted molar refractivity (Wildman–Crippen MR) is 70.4 cm³/mol. The van der Waals surface area contributed by atoms with E-state index in [1.54, 1.807) is 0 Å². The molecule has 0 fully saturated rings. The molecule has 0 aliphatic carbocycles. The fourth-order valence-electron chi connectivity index (χ4n) is 1.85. The summed E-state index contributed by atoms with van der Waals surface area (Å²) < 4.78 is 0. The predicted octanol–water partition coefficient (Wildman–Crippen LogP) is 1.70. The molecule has 3 heteroatoms. The van der Waals surface area contributed by atoms with E-state index >= 15 is 0 Å². The van der Waals surface area contributed by atoms with Crippen LogP contribution in [0.25, 0.3) is 0 Å². The summed E-state index contributed by atoms with van der Waals surface area (Å²) >= 11 is 0. The third kappa shape index (κ3) is 4.04. The molecule has 0 heterocycles. The molecule has 3 atom stereocenters. The van der Waals surface area contributed by atoms with Crippen molar-refractivity contribution in [2.45, 2.75) is 59.7 Å². The van der Waals surface area contributed by atoms with Crippen molar-refractivity contribution in [2.75, 3.05) is 13.7 Å². The van der Waals surface area contributed by atoms with E-state index in [9.17, 15) is 5.11 Å². The first-order valence-corrected chi connectivity index (χ1v) is 6.21. The Balaban J connectivity index is 4.73. The largest absolute Gasteiger partial charge is 0.395 e. The highest BCUT2D eigenvalue weighted by molar-refractivity contribution is 4.90. The second-order valence-corrected chi connectivity index (χ2v) is 6.29. The lowest BCUT2D eigenvalue weighted by atomic mass is 9.82. The lowest BCUT2D eigenvalue weighted by molar-refractivity contribution is 0.0515. The van der Waals surface area contributed by atoms with Crippen molar-refractivity contribution in [1.82, 2.24) is 4.90 Å². The van der Waals surface area contributed by atoms with Crippen LogP contribution < -0.4 is 5.73 Å². The highest BCUT2D eigenvalue weighted by Crippen LogP contribution is 2.24. The van der Waals surface area contributed by atoms with Crippen LogP contribution in [0.1, 0.15) is 41.5 Å². The fraction of sp³-hybridized carbons (Fsp3) is 1.00. The zero-order valence-electron chi connectivity index (χ0n) is 12.0. The molecule has 0 amide bonds. The lowest BCUT2D eigenvalue weighted by Crippen LogP contribution is -2.57. The van der Waals surface area contributed by atoms with Gasteiger partial charge in [0.15, 0.2) is 0 Å². The van der Waals surface area contributed by atoms with Crippen LogP contribution in [0.3, 0.4) is 0 Å². The highest BCUT2D eigenvalue weighted by atomic mass is 16.3.